The molecule has 0 bridgehead atoms. The average molecular weight is 395 g/mol. The van der Waals surface area contributed by atoms with Gasteiger partial charge in [-0.15, -0.1) is 10.2 Å². The number of hydrogen-bond acceptors (Lipinski definition) is 8. The number of nitrogen functional groups attached to an aromatic ring is 1. The minimum atomic E-state index is 0.0299. The van der Waals surface area contributed by atoms with Crippen LogP contribution < -0.4 is 20.1 Å². The van der Waals surface area contributed by atoms with Crippen LogP contribution in [0.5, 0.6) is 17.2 Å². The fraction of sp³-hybridized carbons (Fsp3) is 0.471. The van der Waals surface area contributed by atoms with Crippen molar-refractivity contribution in [3.63, 3.8) is 0 Å². The molecule has 1 amide bonds. The van der Waals surface area contributed by atoms with E-state index in [4.69, 9.17) is 20.1 Å². The van der Waals surface area contributed by atoms with Crippen LogP contribution in [0.2, 0.25) is 0 Å². The van der Waals surface area contributed by atoms with Crippen LogP contribution in [0.25, 0.3) is 11.4 Å². The zero-order chi connectivity index (χ0) is 20.0. The molecule has 2 N–H and O–H groups in total. The molecule has 0 spiro atoms. The van der Waals surface area contributed by atoms with E-state index in [1.54, 1.807) is 17.0 Å². The molecule has 1 aromatic heterocycles. The zero-order valence-electron chi connectivity index (χ0n) is 16.2. The third-order valence-electron chi connectivity index (χ3n) is 4.03. The van der Waals surface area contributed by atoms with Crippen LogP contribution in [0.4, 0.5) is 0 Å². The SMILES string of the molecule is CCN(CC)C(=O)CSc1nnc(-c2cc(OC)c(OC)c(OC)c2)n1N. The summed E-state index contributed by atoms with van der Waals surface area (Å²) in [5.41, 5.74) is 0.654. The van der Waals surface area contributed by atoms with E-state index in [9.17, 15) is 4.79 Å². The fourth-order valence-corrected chi connectivity index (χ4v) is 3.34. The highest BCUT2D eigenvalue weighted by atomic mass is 32.2. The number of methoxy groups -OCH3 is 3. The van der Waals surface area contributed by atoms with Gasteiger partial charge < -0.3 is 25.0 Å². The molecule has 2 aromatic rings. The normalized spacial score (nSPS) is 10.6. The van der Waals surface area contributed by atoms with E-state index in [1.807, 2.05) is 13.8 Å². The first kappa shape index (κ1) is 20.7. The highest BCUT2D eigenvalue weighted by Crippen LogP contribution is 2.40. The molecule has 0 aliphatic heterocycles. The summed E-state index contributed by atoms with van der Waals surface area (Å²) in [6, 6.07) is 3.48. The van der Waals surface area contributed by atoms with E-state index in [1.165, 1.54) is 37.8 Å². The number of thioether (sulfide) groups is 1. The summed E-state index contributed by atoms with van der Waals surface area (Å²) in [7, 11) is 4.61. The summed E-state index contributed by atoms with van der Waals surface area (Å²) >= 11 is 1.24. The lowest BCUT2D eigenvalue weighted by atomic mass is 10.1. The van der Waals surface area contributed by atoms with Crippen molar-refractivity contribution < 1.29 is 19.0 Å². The Morgan fingerprint density at radius 3 is 2.19 bits per heavy atom. The third-order valence-corrected chi connectivity index (χ3v) is 4.96. The Morgan fingerprint density at radius 2 is 1.70 bits per heavy atom. The van der Waals surface area contributed by atoms with Crippen LogP contribution in [0, 0.1) is 0 Å². The summed E-state index contributed by atoms with van der Waals surface area (Å²) in [4.78, 5) is 13.9. The molecule has 0 unspecified atom stereocenters. The predicted molar refractivity (Wildman–Crippen MR) is 104 cm³/mol. The van der Waals surface area contributed by atoms with Crippen LogP contribution in [0.1, 0.15) is 13.8 Å². The van der Waals surface area contributed by atoms with Gasteiger partial charge in [-0.25, -0.2) is 4.68 Å². The number of ether oxygens (including phenoxy) is 3. The lowest BCUT2D eigenvalue weighted by Crippen LogP contribution is -2.32. The first-order valence-electron chi connectivity index (χ1n) is 8.42. The molecule has 10 heteroatoms. The molecule has 27 heavy (non-hydrogen) atoms. The van der Waals surface area contributed by atoms with Gasteiger partial charge in [0.25, 0.3) is 0 Å². The molecule has 0 radical (unpaired) electrons. The summed E-state index contributed by atoms with van der Waals surface area (Å²) in [6.45, 7) is 5.23. The lowest BCUT2D eigenvalue weighted by molar-refractivity contribution is -0.127. The quantitative estimate of drug-likeness (QED) is 0.505. The Balaban J connectivity index is 2.28. The first-order chi connectivity index (χ1) is 13.0. The molecule has 0 aliphatic carbocycles. The fourth-order valence-electron chi connectivity index (χ4n) is 2.58. The minimum absolute atomic E-state index is 0.0299. The van der Waals surface area contributed by atoms with Gasteiger partial charge in [0.05, 0.1) is 27.1 Å². The molecular formula is C17H25N5O4S. The molecule has 0 saturated heterocycles. The summed E-state index contributed by atoms with van der Waals surface area (Å²) in [6.07, 6.45) is 0. The van der Waals surface area contributed by atoms with Crippen molar-refractivity contribution in [2.75, 3.05) is 46.0 Å². The van der Waals surface area contributed by atoms with E-state index in [0.717, 1.165) is 0 Å². The molecule has 0 fully saturated rings. The predicted octanol–water partition coefficient (Wildman–Crippen LogP) is 1.65. The largest absolute Gasteiger partial charge is 0.493 e. The molecule has 9 nitrogen and oxygen atoms in total. The number of nitrogens with two attached hydrogens (primary N) is 1. The van der Waals surface area contributed by atoms with Crippen molar-refractivity contribution in [1.82, 2.24) is 19.8 Å². The molecule has 148 valence electrons. The van der Waals surface area contributed by atoms with Gasteiger partial charge >= 0.3 is 0 Å². The van der Waals surface area contributed by atoms with Crippen molar-refractivity contribution in [2.45, 2.75) is 19.0 Å². The van der Waals surface area contributed by atoms with Gasteiger partial charge in [-0.1, -0.05) is 11.8 Å². The van der Waals surface area contributed by atoms with Gasteiger partial charge in [-0.2, -0.15) is 0 Å². The van der Waals surface area contributed by atoms with Crippen molar-refractivity contribution >= 4 is 17.7 Å². The number of hydrogen-bond donors (Lipinski definition) is 1. The number of nitrogens with zero attached hydrogens (tertiary/aromatic N) is 4. The molecule has 1 heterocycles. The summed E-state index contributed by atoms with van der Waals surface area (Å²) in [5.74, 6) is 8.30. The van der Waals surface area contributed by atoms with E-state index in [2.05, 4.69) is 10.2 Å². The molecule has 1 aromatic carbocycles. The van der Waals surface area contributed by atoms with E-state index in [-0.39, 0.29) is 11.7 Å². The minimum Gasteiger partial charge on any atom is -0.493 e. The monoisotopic (exact) mass is 395 g/mol. The van der Waals surface area contributed by atoms with E-state index >= 15 is 0 Å². The zero-order valence-corrected chi connectivity index (χ0v) is 17.0. The second-order valence-corrected chi connectivity index (χ2v) is 6.39. The molecule has 0 aliphatic rings. The maximum atomic E-state index is 12.2. The highest BCUT2D eigenvalue weighted by molar-refractivity contribution is 7.99. The second-order valence-electron chi connectivity index (χ2n) is 5.44. The number of rotatable bonds is 9. The van der Waals surface area contributed by atoms with Gasteiger partial charge in [0, 0.05) is 18.7 Å². The molecule has 2 rings (SSSR count). The Bertz CT molecular complexity index is 767. The topological polar surface area (TPSA) is 105 Å². The van der Waals surface area contributed by atoms with Crippen LogP contribution in [0.3, 0.4) is 0 Å². The van der Waals surface area contributed by atoms with Gasteiger partial charge in [0.1, 0.15) is 0 Å². The Morgan fingerprint density at radius 1 is 1.11 bits per heavy atom. The van der Waals surface area contributed by atoms with Crippen molar-refractivity contribution in [1.29, 1.82) is 0 Å². The number of aromatic nitrogens is 3. The molecule has 0 atom stereocenters. The highest BCUT2D eigenvalue weighted by Gasteiger charge is 2.20. The smallest absolute Gasteiger partial charge is 0.233 e. The average Bonchev–Trinajstić information content (AvgIpc) is 3.06. The lowest BCUT2D eigenvalue weighted by Gasteiger charge is -2.17. The molecular weight excluding hydrogens is 370 g/mol. The van der Waals surface area contributed by atoms with Crippen LogP contribution >= 0.6 is 11.8 Å². The van der Waals surface area contributed by atoms with Crippen LogP contribution in [0.15, 0.2) is 17.3 Å². The second kappa shape index (κ2) is 9.36. The van der Waals surface area contributed by atoms with Crippen molar-refractivity contribution in [3.8, 4) is 28.6 Å². The summed E-state index contributed by atoms with van der Waals surface area (Å²) in [5, 5.41) is 8.69. The maximum absolute atomic E-state index is 12.2. The number of amides is 1. The van der Waals surface area contributed by atoms with Gasteiger partial charge in [0.15, 0.2) is 17.3 Å². The van der Waals surface area contributed by atoms with Crippen molar-refractivity contribution in [2.24, 2.45) is 0 Å². The molecule has 0 saturated carbocycles. The Kier molecular flexibility index (Phi) is 7.17. The van der Waals surface area contributed by atoms with Gasteiger partial charge in [0.2, 0.25) is 16.8 Å². The first-order valence-corrected chi connectivity index (χ1v) is 9.40. The Hall–Kier alpha value is -2.62. The van der Waals surface area contributed by atoms with E-state index in [0.29, 0.717) is 46.9 Å². The van der Waals surface area contributed by atoms with E-state index < -0.39 is 0 Å². The number of carbonyl (C=O) groups is 1. The van der Waals surface area contributed by atoms with Crippen LogP contribution in [-0.2, 0) is 4.79 Å². The van der Waals surface area contributed by atoms with Gasteiger partial charge in [-0.3, -0.25) is 4.79 Å². The van der Waals surface area contributed by atoms with Crippen molar-refractivity contribution in [3.05, 3.63) is 12.1 Å². The van der Waals surface area contributed by atoms with Gasteiger partial charge in [-0.05, 0) is 26.0 Å². The maximum Gasteiger partial charge on any atom is 0.233 e. The number of benzene rings is 1. The standard InChI is InChI=1S/C17H25N5O4S/c1-6-21(7-2)14(23)10-27-17-20-19-16(22(17)18)11-8-12(24-3)15(26-5)13(9-11)25-4/h8-9H,6-7,10,18H2,1-5H3. The van der Waals surface area contributed by atoms with Crippen LogP contribution in [-0.4, -0.2) is 65.9 Å². The number of carbonyl (C=O) groups excluding carboxylic acids is 1. The summed E-state index contributed by atoms with van der Waals surface area (Å²) < 4.78 is 17.4. The third kappa shape index (κ3) is 4.38. The Labute approximate surface area is 162 Å².